The number of rotatable bonds is 7. The van der Waals surface area contributed by atoms with Crippen molar-refractivity contribution in [2.24, 2.45) is 17.8 Å². The van der Waals surface area contributed by atoms with Gasteiger partial charge in [-0.2, -0.15) is 0 Å². The Kier molecular flexibility index (Phi) is 7.82. The maximum Gasteiger partial charge on any atom is -0.0228 e. The van der Waals surface area contributed by atoms with Gasteiger partial charge in [0.05, 0.1) is 0 Å². The van der Waals surface area contributed by atoms with Gasteiger partial charge < -0.3 is 0 Å². The Morgan fingerprint density at radius 2 is 1.60 bits per heavy atom. The normalized spacial score (nSPS) is 16.9. The molecule has 0 aliphatic carbocycles. The van der Waals surface area contributed by atoms with E-state index in [1.54, 1.807) is 5.57 Å². The molecule has 0 amide bonds. The second-order valence-corrected chi connectivity index (χ2v) is 4.98. The largest absolute Gasteiger partial charge is 0.0651 e. The van der Waals surface area contributed by atoms with E-state index in [-0.39, 0.29) is 0 Å². The van der Waals surface area contributed by atoms with Crippen molar-refractivity contribution in [3.63, 3.8) is 0 Å². The van der Waals surface area contributed by atoms with Gasteiger partial charge >= 0.3 is 0 Å². The van der Waals surface area contributed by atoms with E-state index in [9.17, 15) is 0 Å². The summed E-state index contributed by atoms with van der Waals surface area (Å²) in [6.07, 6.45) is 8.44. The van der Waals surface area contributed by atoms with Gasteiger partial charge in [-0.1, -0.05) is 53.5 Å². The van der Waals surface area contributed by atoms with E-state index in [2.05, 4.69) is 47.6 Å². The summed E-state index contributed by atoms with van der Waals surface area (Å²) < 4.78 is 0. The van der Waals surface area contributed by atoms with Crippen LogP contribution in [0, 0.1) is 23.8 Å². The van der Waals surface area contributed by atoms with Crippen LogP contribution in [0.4, 0.5) is 0 Å². The fourth-order valence-electron chi connectivity index (χ4n) is 2.05. The lowest BCUT2D eigenvalue weighted by Gasteiger charge is -2.23. The van der Waals surface area contributed by atoms with Crippen LogP contribution in [0.3, 0.4) is 0 Å². The Balaban J connectivity index is 4.45. The zero-order valence-electron chi connectivity index (χ0n) is 11.6. The molecule has 0 aliphatic rings. The molecular weight excluding hydrogens is 180 g/mol. The SMILES string of the molecule is CC/[C]=C(/CC(CC)C(C)C)C(C)CC. The first-order valence-electron chi connectivity index (χ1n) is 6.66. The van der Waals surface area contributed by atoms with E-state index >= 15 is 0 Å². The van der Waals surface area contributed by atoms with Crippen LogP contribution in [0.2, 0.25) is 0 Å². The standard InChI is InChI=1S/C15H29/c1-7-10-15(13(6)8-2)11-14(9-3)12(4)5/h12-14H,7-9,11H2,1-6H3. The summed E-state index contributed by atoms with van der Waals surface area (Å²) in [5, 5.41) is 0. The first-order valence-corrected chi connectivity index (χ1v) is 6.66. The highest BCUT2D eigenvalue weighted by Crippen LogP contribution is 2.28. The molecule has 0 heterocycles. The van der Waals surface area contributed by atoms with E-state index in [4.69, 9.17) is 0 Å². The summed E-state index contributed by atoms with van der Waals surface area (Å²) >= 11 is 0. The average molecular weight is 209 g/mol. The van der Waals surface area contributed by atoms with Crippen LogP contribution in [0.1, 0.15) is 67.2 Å². The average Bonchev–Trinajstić information content (AvgIpc) is 2.22. The Bertz CT molecular complexity index is 176. The van der Waals surface area contributed by atoms with Crippen LogP contribution in [0.5, 0.6) is 0 Å². The van der Waals surface area contributed by atoms with Crippen molar-refractivity contribution in [2.75, 3.05) is 0 Å². The summed E-state index contributed by atoms with van der Waals surface area (Å²) in [5.74, 6) is 2.36. The van der Waals surface area contributed by atoms with E-state index in [1.807, 2.05) is 0 Å². The van der Waals surface area contributed by atoms with Crippen molar-refractivity contribution in [1.29, 1.82) is 0 Å². The molecule has 0 rings (SSSR count). The van der Waals surface area contributed by atoms with Crippen molar-refractivity contribution in [3.8, 4) is 0 Å². The summed E-state index contributed by atoms with van der Waals surface area (Å²) in [4.78, 5) is 0. The minimum Gasteiger partial charge on any atom is -0.0651 e. The molecule has 89 valence electrons. The molecule has 15 heavy (non-hydrogen) atoms. The molecule has 0 fully saturated rings. The molecule has 0 nitrogen and oxygen atoms in total. The fourth-order valence-corrected chi connectivity index (χ4v) is 2.05. The van der Waals surface area contributed by atoms with Crippen LogP contribution in [0.25, 0.3) is 0 Å². The lowest BCUT2D eigenvalue weighted by Crippen LogP contribution is -2.11. The third-order valence-electron chi connectivity index (χ3n) is 3.56. The Hall–Kier alpha value is -0.260. The first kappa shape index (κ1) is 14.7. The molecule has 0 aromatic heterocycles. The summed E-state index contributed by atoms with van der Waals surface area (Å²) in [6.45, 7) is 13.8. The molecule has 0 saturated carbocycles. The van der Waals surface area contributed by atoms with Gasteiger partial charge in [-0.15, -0.1) is 0 Å². The van der Waals surface area contributed by atoms with Gasteiger partial charge in [0.2, 0.25) is 0 Å². The molecule has 0 spiro atoms. The summed E-state index contributed by atoms with van der Waals surface area (Å²) in [5.41, 5.74) is 1.57. The molecule has 0 bridgehead atoms. The first-order chi connectivity index (χ1) is 7.06. The number of hydrogen-bond donors (Lipinski definition) is 0. The second-order valence-electron chi connectivity index (χ2n) is 4.98. The predicted octanol–water partition coefficient (Wildman–Crippen LogP) is 5.24. The van der Waals surface area contributed by atoms with Gasteiger partial charge in [-0.05, 0) is 43.1 Å². The molecular formula is C15H29. The number of allylic oxidation sites excluding steroid dienone is 2. The molecule has 1 radical (unpaired) electrons. The molecule has 0 N–H and O–H groups in total. The lowest BCUT2D eigenvalue weighted by molar-refractivity contribution is 0.356. The Morgan fingerprint density at radius 3 is 1.93 bits per heavy atom. The molecule has 2 atom stereocenters. The molecule has 0 saturated heterocycles. The van der Waals surface area contributed by atoms with Crippen LogP contribution in [0.15, 0.2) is 5.57 Å². The molecule has 0 aromatic carbocycles. The van der Waals surface area contributed by atoms with Crippen molar-refractivity contribution in [3.05, 3.63) is 11.6 Å². The predicted molar refractivity (Wildman–Crippen MR) is 69.7 cm³/mol. The Morgan fingerprint density at radius 1 is 1.00 bits per heavy atom. The fraction of sp³-hybridized carbons (Fsp3) is 0.867. The van der Waals surface area contributed by atoms with Gasteiger partial charge in [0.1, 0.15) is 0 Å². The van der Waals surface area contributed by atoms with E-state index in [0.29, 0.717) is 0 Å². The highest BCUT2D eigenvalue weighted by molar-refractivity contribution is 5.02. The zero-order chi connectivity index (χ0) is 11.8. The Labute approximate surface area is 97.2 Å². The van der Waals surface area contributed by atoms with E-state index in [1.165, 1.54) is 19.3 Å². The van der Waals surface area contributed by atoms with E-state index < -0.39 is 0 Å². The summed E-state index contributed by atoms with van der Waals surface area (Å²) in [6, 6.07) is 0. The molecule has 2 unspecified atom stereocenters. The quantitative estimate of drug-likeness (QED) is 0.537. The van der Waals surface area contributed by atoms with Crippen LogP contribution in [-0.4, -0.2) is 0 Å². The maximum absolute atomic E-state index is 3.57. The van der Waals surface area contributed by atoms with Crippen molar-refractivity contribution in [1.82, 2.24) is 0 Å². The van der Waals surface area contributed by atoms with Crippen molar-refractivity contribution in [2.45, 2.75) is 67.2 Å². The van der Waals surface area contributed by atoms with E-state index in [0.717, 1.165) is 24.2 Å². The van der Waals surface area contributed by atoms with Gasteiger partial charge in [0, 0.05) is 0 Å². The van der Waals surface area contributed by atoms with Gasteiger partial charge in [-0.25, -0.2) is 0 Å². The molecule has 0 aromatic rings. The van der Waals surface area contributed by atoms with Crippen LogP contribution < -0.4 is 0 Å². The smallest absolute Gasteiger partial charge is 0.0228 e. The lowest BCUT2D eigenvalue weighted by atomic mass is 9.82. The maximum atomic E-state index is 3.57. The van der Waals surface area contributed by atoms with Crippen molar-refractivity contribution >= 4 is 0 Å². The zero-order valence-corrected chi connectivity index (χ0v) is 11.6. The highest BCUT2D eigenvalue weighted by atomic mass is 14.2. The topological polar surface area (TPSA) is 0 Å². The van der Waals surface area contributed by atoms with Gasteiger partial charge in [0.25, 0.3) is 0 Å². The second kappa shape index (κ2) is 7.96. The summed E-state index contributed by atoms with van der Waals surface area (Å²) in [7, 11) is 0. The van der Waals surface area contributed by atoms with Crippen molar-refractivity contribution < 1.29 is 0 Å². The van der Waals surface area contributed by atoms with Gasteiger partial charge in [-0.3, -0.25) is 0 Å². The third-order valence-corrected chi connectivity index (χ3v) is 3.56. The monoisotopic (exact) mass is 209 g/mol. The van der Waals surface area contributed by atoms with Crippen LogP contribution >= 0.6 is 0 Å². The third kappa shape index (κ3) is 5.39. The molecule has 0 aliphatic heterocycles. The number of hydrogen-bond acceptors (Lipinski definition) is 0. The minimum absolute atomic E-state index is 0.720. The van der Waals surface area contributed by atoms with Gasteiger partial charge in [0.15, 0.2) is 0 Å². The highest BCUT2D eigenvalue weighted by Gasteiger charge is 2.16. The minimum atomic E-state index is 0.720. The molecule has 0 heteroatoms. The van der Waals surface area contributed by atoms with Crippen LogP contribution in [-0.2, 0) is 0 Å².